The molecule has 2 heterocycles. The zero-order valence-corrected chi connectivity index (χ0v) is 20.8. The molecule has 0 bridgehead atoms. The average Bonchev–Trinajstić information content (AvgIpc) is 3.29. The lowest BCUT2D eigenvalue weighted by molar-refractivity contribution is -0.121. The third-order valence-electron chi connectivity index (χ3n) is 5.79. The summed E-state index contributed by atoms with van der Waals surface area (Å²) in [6.07, 6.45) is 1.69. The van der Waals surface area contributed by atoms with Crippen LogP contribution in [0, 0.1) is 12.8 Å². The zero-order valence-electron chi connectivity index (χ0n) is 19.2. The van der Waals surface area contributed by atoms with E-state index >= 15 is 0 Å². The van der Waals surface area contributed by atoms with Gasteiger partial charge in [0.1, 0.15) is 0 Å². The second kappa shape index (κ2) is 10.9. The number of nitrogens with zero attached hydrogens (tertiary/aromatic N) is 3. The summed E-state index contributed by atoms with van der Waals surface area (Å²) in [5, 5.41) is 7.10. The van der Waals surface area contributed by atoms with Gasteiger partial charge >= 0.3 is 5.97 Å². The van der Waals surface area contributed by atoms with Gasteiger partial charge in [-0.1, -0.05) is 39.3 Å². The van der Waals surface area contributed by atoms with Gasteiger partial charge in [0.15, 0.2) is 0 Å². The van der Waals surface area contributed by atoms with Crippen LogP contribution in [-0.2, 0) is 16.1 Å². The molecule has 9 heteroatoms. The van der Waals surface area contributed by atoms with E-state index in [-0.39, 0.29) is 11.8 Å². The van der Waals surface area contributed by atoms with Crippen LogP contribution in [0.5, 0.6) is 0 Å². The number of esters is 1. The van der Waals surface area contributed by atoms with Gasteiger partial charge in [0.2, 0.25) is 17.6 Å². The summed E-state index contributed by atoms with van der Waals surface area (Å²) in [6.45, 7) is 5.90. The Balaban J connectivity index is 1.38. The molecule has 0 saturated carbocycles. The summed E-state index contributed by atoms with van der Waals surface area (Å²) < 4.78 is 11.5. The first-order valence-corrected chi connectivity index (χ1v) is 12.1. The number of carbonyl (C=O) groups excluding carboxylic acids is 2. The number of piperidine rings is 1. The largest absolute Gasteiger partial charge is 0.462 e. The van der Waals surface area contributed by atoms with E-state index in [4.69, 9.17) is 9.26 Å². The van der Waals surface area contributed by atoms with E-state index in [9.17, 15) is 9.59 Å². The summed E-state index contributed by atoms with van der Waals surface area (Å²) in [5.74, 6) is 0.429. The molecule has 1 fully saturated rings. The standard InChI is InChI=1S/C25H27BrN4O4/c1-3-33-25(32)18-10-9-16(2)21(13-18)27-24(31)19-7-5-11-30(14-19)15-22-28-23(29-34-22)17-6-4-8-20(26)12-17/h4,6,8-10,12-13,19H,3,5,7,11,14-15H2,1-2H3,(H,27,31). The summed E-state index contributed by atoms with van der Waals surface area (Å²) in [4.78, 5) is 31.8. The molecule has 0 aliphatic carbocycles. The molecule has 1 atom stereocenters. The van der Waals surface area contributed by atoms with Crippen molar-refractivity contribution < 1.29 is 18.8 Å². The van der Waals surface area contributed by atoms with Crippen LogP contribution in [0.15, 0.2) is 51.5 Å². The fourth-order valence-electron chi connectivity index (χ4n) is 4.00. The quantitative estimate of drug-likeness (QED) is 0.440. The van der Waals surface area contributed by atoms with Gasteiger partial charge in [0, 0.05) is 22.3 Å². The molecule has 0 spiro atoms. The number of anilines is 1. The van der Waals surface area contributed by atoms with E-state index in [1.54, 1.807) is 19.1 Å². The second-order valence-electron chi connectivity index (χ2n) is 8.34. The molecule has 178 valence electrons. The molecule has 1 aromatic heterocycles. The Morgan fingerprint density at radius 1 is 1.26 bits per heavy atom. The molecule has 0 radical (unpaired) electrons. The van der Waals surface area contributed by atoms with E-state index < -0.39 is 5.97 Å². The number of benzene rings is 2. The molecule has 1 unspecified atom stereocenters. The van der Waals surface area contributed by atoms with Crippen LogP contribution < -0.4 is 5.32 Å². The summed E-state index contributed by atoms with van der Waals surface area (Å²) in [6, 6.07) is 12.9. The zero-order chi connectivity index (χ0) is 24.1. The number of halogens is 1. The van der Waals surface area contributed by atoms with Crippen LogP contribution in [0.3, 0.4) is 0 Å². The monoisotopic (exact) mass is 526 g/mol. The van der Waals surface area contributed by atoms with Crippen molar-refractivity contribution in [2.24, 2.45) is 5.92 Å². The molecular formula is C25H27BrN4O4. The van der Waals surface area contributed by atoms with Crippen molar-refractivity contribution in [2.75, 3.05) is 25.0 Å². The van der Waals surface area contributed by atoms with E-state index in [1.807, 2.05) is 37.3 Å². The highest BCUT2D eigenvalue weighted by atomic mass is 79.9. The van der Waals surface area contributed by atoms with Gasteiger partial charge in [-0.2, -0.15) is 4.98 Å². The first-order chi connectivity index (χ1) is 16.4. The molecule has 1 amide bonds. The molecule has 1 N–H and O–H groups in total. The van der Waals surface area contributed by atoms with Gasteiger partial charge in [-0.25, -0.2) is 4.79 Å². The maximum atomic E-state index is 13.0. The maximum absolute atomic E-state index is 13.0. The van der Waals surface area contributed by atoms with Crippen LogP contribution >= 0.6 is 15.9 Å². The predicted molar refractivity (Wildman–Crippen MR) is 131 cm³/mol. The highest BCUT2D eigenvalue weighted by molar-refractivity contribution is 9.10. The number of ether oxygens (including phenoxy) is 1. The van der Waals surface area contributed by atoms with Crippen molar-refractivity contribution in [1.82, 2.24) is 15.0 Å². The average molecular weight is 527 g/mol. The third-order valence-corrected chi connectivity index (χ3v) is 6.29. The van der Waals surface area contributed by atoms with Gasteiger partial charge < -0.3 is 14.6 Å². The van der Waals surface area contributed by atoms with E-state index in [2.05, 4.69) is 36.3 Å². The molecule has 1 saturated heterocycles. The first kappa shape index (κ1) is 24.1. The number of amides is 1. The molecule has 4 rings (SSSR count). The fourth-order valence-corrected chi connectivity index (χ4v) is 4.40. The minimum Gasteiger partial charge on any atom is -0.462 e. The minimum atomic E-state index is -0.399. The number of likely N-dealkylation sites (tertiary alicyclic amines) is 1. The molecule has 8 nitrogen and oxygen atoms in total. The summed E-state index contributed by atoms with van der Waals surface area (Å²) in [5.41, 5.74) is 2.81. The molecule has 1 aliphatic heterocycles. The minimum absolute atomic E-state index is 0.0610. The van der Waals surface area contributed by atoms with Gasteiger partial charge in [0.25, 0.3) is 0 Å². The number of carbonyl (C=O) groups is 2. The second-order valence-corrected chi connectivity index (χ2v) is 9.25. The van der Waals surface area contributed by atoms with Crippen molar-refractivity contribution in [3.8, 4) is 11.4 Å². The maximum Gasteiger partial charge on any atom is 0.338 e. The van der Waals surface area contributed by atoms with Crippen LogP contribution in [0.4, 0.5) is 5.69 Å². The van der Waals surface area contributed by atoms with Gasteiger partial charge in [-0.3, -0.25) is 9.69 Å². The van der Waals surface area contributed by atoms with Gasteiger partial charge in [-0.15, -0.1) is 0 Å². The first-order valence-electron chi connectivity index (χ1n) is 11.3. The molecule has 2 aromatic carbocycles. The Morgan fingerprint density at radius 2 is 2.12 bits per heavy atom. The Labute approximate surface area is 206 Å². The number of aryl methyl sites for hydroxylation is 1. The van der Waals surface area contributed by atoms with Crippen molar-refractivity contribution in [3.05, 3.63) is 64.0 Å². The van der Waals surface area contributed by atoms with Crippen LogP contribution in [-0.4, -0.2) is 46.6 Å². The highest BCUT2D eigenvalue weighted by Gasteiger charge is 2.27. The molecule has 3 aromatic rings. The van der Waals surface area contributed by atoms with Crippen molar-refractivity contribution in [3.63, 3.8) is 0 Å². The van der Waals surface area contributed by atoms with Crippen molar-refractivity contribution in [1.29, 1.82) is 0 Å². The van der Waals surface area contributed by atoms with Gasteiger partial charge in [0.05, 0.1) is 24.6 Å². The fraction of sp³-hybridized carbons (Fsp3) is 0.360. The summed E-state index contributed by atoms with van der Waals surface area (Å²) in [7, 11) is 0. The Hall–Kier alpha value is -3.04. The number of aromatic nitrogens is 2. The lowest BCUT2D eigenvalue weighted by Crippen LogP contribution is -2.40. The topological polar surface area (TPSA) is 97.6 Å². The smallest absolute Gasteiger partial charge is 0.338 e. The SMILES string of the molecule is CCOC(=O)c1ccc(C)c(NC(=O)C2CCCN(Cc3nc(-c4cccc(Br)c4)no3)C2)c1. The predicted octanol–water partition coefficient (Wildman–Crippen LogP) is 4.83. The number of hydrogen-bond donors (Lipinski definition) is 1. The van der Waals surface area contributed by atoms with Crippen LogP contribution in [0.1, 0.15) is 41.6 Å². The Bertz CT molecular complexity index is 1180. The van der Waals surface area contributed by atoms with Crippen LogP contribution in [0.25, 0.3) is 11.4 Å². The van der Waals surface area contributed by atoms with Crippen molar-refractivity contribution in [2.45, 2.75) is 33.2 Å². The highest BCUT2D eigenvalue weighted by Crippen LogP contribution is 2.24. The molecular weight excluding hydrogens is 500 g/mol. The third kappa shape index (κ3) is 5.90. The normalized spacial score (nSPS) is 16.3. The lowest BCUT2D eigenvalue weighted by Gasteiger charge is -2.31. The number of hydrogen-bond acceptors (Lipinski definition) is 7. The van der Waals surface area contributed by atoms with E-state index in [1.165, 1.54) is 0 Å². The molecule has 34 heavy (non-hydrogen) atoms. The van der Waals surface area contributed by atoms with Crippen LogP contribution in [0.2, 0.25) is 0 Å². The Morgan fingerprint density at radius 3 is 2.91 bits per heavy atom. The van der Waals surface area contributed by atoms with E-state index in [0.717, 1.165) is 35.0 Å². The number of nitrogens with one attached hydrogen (secondary N) is 1. The summed E-state index contributed by atoms with van der Waals surface area (Å²) >= 11 is 3.46. The van der Waals surface area contributed by atoms with Crippen molar-refractivity contribution >= 4 is 33.5 Å². The van der Waals surface area contributed by atoms with E-state index in [0.29, 0.717) is 42.7 Å². The molecule has 1 aliphatic rings. The lowest BCUT2D eigenvalue weighted by atomic mass is 9.96. The van der Waals surface area contributed by atoms with Gasteiger partial charge in [-0.05, 0) is 63.1 Å². The number of rotatable bonds is 7. The Kier molecular flexibility index (Phi) is 7.74.